The molecular weight excluding hydrogens is 318 g/mol. The van der Waals surface area contributed by atoms with Gasteiger partial charge in [-0.05, 0) is 46.5 Å². The van der Waals surface area contributed by atoms with E-state index in [9.17, 15) is 4.79 Å². The topological polar surface area (TPSA) is 38.3 Å². The molecule has 0 spiro atoms. The van der Waals surface area contributed by atoms with Crippen LogP contribution in [0.4, 0.5) is 0 Å². The van der Waals surface area contributed by atoms with E-state index in [1.165, 1.54) is 24.8 Å². The molecule has 1 amide bonds. The standard InChI is InChI=1S/C16H24BrNO2/c1-3-5-6-7-10-18-16(19)12-20-15-9-8-13(4-2)11-14(15)17/h8-9,11H,3-7,10,12H2,1-2H3,(H,18,19). The van der Waals surface area contributed by atoms with E-state index in [0.29, 0.717) is 5.75 Å². The van der Waals surface area contributed by atoms with Crippen LogP contribution < -0.4 is 10.1 Å². The second-order valence-electron chi connectivity index (χ2n) is 4.82. The lowest BCUT2D eigenvalue weighted by Crippen LogP contribution is -2.29. The third-order valence-electron chi connectivity index (χ3n) is 3.12. The summed E-state index contributed by atoms with van der Waals surface area (Å²) in [6, 6.07) is 5.94. The van der Waals surface area contributed by atoms with Gasteiger partial charge in [-0.15, -0.1) is 0 Å². The SMILES string of the molecule is CCCCCCNC(=O)COc1ccc(CC)cc1Br. The summed E-state index contributed by atoms with van der Waals surface area (Å²) < 4.78 is 6.41. The average Bonchev–Trinajstić information content (AvgIpc) is 2.45. The number of rotatable bonds is 9. The Bertz CT molecular complexity index is 421. The largest absolute Gasteiger partial charge is 0.483 e. The van der Waals surface area contributed by atoms with Crippen molar-refractivity contribution in [1.29, 1.82) is 0 Å². The molecule has 0 saturated heterocycles. The fraction of sp³-hybridized carbons (Fsp3) is 0.562. The second kappa shape index (κ2) is 9.81. The van der Waals surface area contributed by atoms with Crippen molar-refractivity contribution < 1.29 is 9.53 Å². The lowest BCUT2D eigenvalue weighted by molar-refractivity contribution is -0.123. The third kappa shape index (κ3) is 6.42. The normalized spacial score (nSPS) is 10.3. The number of hydrogen-bond donors (Lipinski definition) is 1. The van der Waals surface area contributed by atoms with Gasteiger partial charge in [-0.2, -0.15) is 0 Å². The van der Waals surface area contributed by atoms with Crippen molar-refractivity contribution in [3.63, 3.8) is 0 Å². The first-order chi connectivity index (χ1) is 9.67. The number of benzene rings is 1. The number of aryl methyl sites for hydroxylation is 1. The molecule has 0 bridgehead atoms. The summed E-state index contributed by atoms with van der Waals surface area (Å²) in [6.07, 6.45) is 5.62. The quantitative estimate of drug-likeness (QED) is 0.687. The molecule has 4 heteroatoms. The Balaban J connectivity index is 2.27. The van der Waals surface area contributed by atoms with E-state index >= 15 is 0 Å². The van der Waals surface area contributed by atoms with Gasteiger partial charge in [0.2, 0.25) is 0 Å². The summed E-state index contributed by atoms with van der Waals surface area (Å²) in [5.74, 6) is 0.649. The van der Waals surface area contributed by atoms with Gasteiger partial charge >= 0.3 is 0 Å². The van der Waals surface area contributed by atoms with E-state index in [-0.39, 0.29) is 12.5 Å². The number of unbranched alkanes of at least 4 members (excludes halogenated alkanes) is 3. The summed E-state index contributed by atoms with van der Waals surface area (Å²) in [6.45, 7) is 5.08. The fourth-order valence-electron chi connectivity index (χ4n) is 1.86. The van der Waals surface area contributed by atoms with Gasteiger partial charge in [0, 0.05) is 6.54 Å². The van der Waals surface area contributed by atoms with Crippen LogP contribution in [0.1, 0.15) is 45.1 Å². The molecule has 0 aromatic heterocycles. The Morgan fingerprint density at radius 2 is 2.05 bits per heavy atom. The summed E-state index contributed by atoms with van der Waals surface area (Å²) in [5.41, 5.74) is 1.24. The van der Waals surface area contributed by atoms with E-state index in [1.807, 2.05) is 18.2 Å². The van der Waals surface area contributed by atoms with E-state index in [4.69, 9.17) is 4.74 Å². The van der Waals surface area contributed by atoms with Gasteiger partial charge in [-0.3, -0.25) is 4.79 Å². The van der Waals surface area contributed by atoms with E-state index in [0.717, 1.165) is 23.9 Å². The summed E-state index contributed by atoms with van der Waals surface area (Å²) in [7, 11) is 0. The molecule has 0 unspecified atom stereocenters. The molecule has 0 fully saturated rings. The van der Waals surface area contributed by atoms with Crippen LogP contribution in [0.3, 0.4) is 0 Å². The minimum atomic E-state index is -0.0621. The molecule has 20 heavy (non-hydrogen) atoms. The molecule has 0 aliphatic heterocycles. The minimum Gasteiger partial charge on any atom is -0.483 e. The van der Waals surface area contributed by atoms with Gasteiger partial charge in [-0.1, -0.05) is 39.2 Å². The van der Waals surface area contributed by atoms with Crippen molar-refractivity contribution in [2.75, 3.05) is 13.2 Å². The van der Waals surface area contributed by atoms with Gasteiger partial charge < -0.3 is 10.1 Å². The van der Waals surface area contributed by atoms with Gasteiger partial charge in [0.25, 0.3) is 5.91 Å². The monoisotopic (exact) mass is 341 g/mol. The number of hydrogen-bond acceptors (Lipinski definition) is 2. The number of nitrogens with one attached hydrogen (secondary N) is 1. The molecule has 1 N–H and O–H groups in total. The zero-order chi connectivity index (χ0) is 14.8. The molecule has 0 aliphatic rings. The van der Waals surface area contributed by atoms with Crippen LogP contribution in [0.25, 0.3) is 0 Å². The van der Waals surface area contributed by atoms with Crippen molar-refractivity contribution in [2.45, 2.75) is 46.0 Å². The fourth-order valence-corrected chi connectivity index (χ4v) is 2.40. The highest BCUT2D eigenvalue weighted by Gasteiger charge is 2.05. The van der Waals surface area contributed by atoms with Gasteiger partial charge in [0.15, 0.2) is 6.61 Å². The highest BCUT2D eigenvalue weighted by Crippen LogP contribution is 2.26. The molecule has 3 nitrogen and oxygen atoms in total. The Morgan fingerprint density at radius 3 is 2.70 bits per heavy atom. The Labute approximate surface area is 130 Å². The Kier molecular flexibility index (Phi) is 8.35. The average molecular weight is 342 g/mol. The lowest BCUT2D eigenvalue weighted by Gasteiger charge is -2.09. The van der Waals surface area contributed by atoms with Crippen LogP contribution in [0.5, 0.6) is 5.75 Å². The Hall–Kier alpha value is -1.03. The van der Waals surface area contributed by atoms with Gasteiger partial charge in [0.1, 0.15) is 5.75 Å². The Morgan fingerprint density at radius 1 is 1.25 bits per heavy atom. The van der Waals surface area contributed by atoms with Crippen molar-refractivity contribution in [2.24, 2.45) is 0 Å². The van der Waals surface area contributed by atoms with Crippen LogP contribution in [0.15, 0.2) is 22.7 Å². The molecular formula is C16H24BrNO2. The second-order valence-corrected chi connectivity index (χ2v) is 5.67. The first kappa shape index (κ1) is 17.0. The molecule has 1 aromatic carbocycles. The zero-order valence-corrected chi connectivity index (χ0v) is 14.0. The zero-order valence-electron chi connectivity index (χ0n) is 12.4. The van der Waals surface area contributed by atoms with Crippen LogP contribution >= 0.6 is 15.9 Å². The molecule has 1 aromatic rings. The number of amides is 1. The predicted molar refractivity (Wildman–Crippen MR) is 86.2 cm³/mol. The van der Waals surface area contributed by atoms with Crippen LogP contribution in [0.2, 0.25) is 0 Å². The summed E-state index contributed by atoms with van der Waals surface area (Å²) in [5, 5.41) is 2.87. The van der Waals surface area contributed by atoms with Crippen molar-refractivity contribution in [3.8, 4) is 5.75 Å². The van der Waals surface area contributed by atoms with E-state index < -0.39 is 0 Å². The lowest BCUT2D eigenvalue weighted by atomic mass is 10.2. The molecule has 0 saturated carbocycles. The van der Waals surface area contributed by atoms with Crippen molar-refractivity contribution in [1.82, 2.24) is 5.32 Å². The van der Waals surface area contributed by atoms with Gasteiger partial charge in [0.05, 0.1) is 4.47 Å². The van der Waals surface area contributed by atoms with E-state index in [1.54, 1.807) is 0 Å². The van der Waals surface area contributed by atoms with Crippen LogP contribution in [-0.2, 0) is 11.2 Å². The maximum atomic E-state index is 11.6. The smallest absolute Gasteiger partial charge is 0.257 e. The molecule has 0 radical (unpaired) electrons. The summed E-state index contributed by atoms with van der Waals surface area (Å²) in [4.78, 5) is 11.6. The number of ether oxygens (including phenoxy) is 1. The van der Waals surface area contributed by atoms with Crippen LogP contribution in [-0.4, -0.2) is 19.1 Å². The molecule has 112 valence electrons. The predicted octanol–water partition coefficient (Wildman–Crippen LogP) is 4.09. The molecule has 0 aliphatic carbocycles. The highest BCUT2D eigenvalue weighted by atomic mass is 79.9. The number of halogens is 1. The first-order valence-electron chi connectivity index (χ1n) is 7.35. The first-order valence-corrected chi connectivity index (χ1v) is 8.14. The highest BCUT2D eigenvalue weighted by molar-refractivity contribution is 9.10. The maximum absolute atomic E-state index is 11.6. The number of carbonyl (C=O) groups is 1. The molecule has 0 atom stereocenters. The van der Waals surface area contributed by atoms with E-state index in [2.05, 4.69) is 35.1 Å². The minimum absolute atomic E-state index is 0.0621. The molecule has 0 heterocycles. The maximum Gasteiger partial charge on any atom is 0.257 e. The van der Waals surface area contributed by atoms with Crippen molar-refractivity contribution in [3.05, 3.63) is 28.2 Å². The van der Waals surface area contributed by atoms with Crippen molar-refractivity contribution >= 4 is 21.8 Å². The summed E-state index contributed by atoms with van der Waals surface area (Å²) >= 11 is 3.46. The molecule has 1 rings (SSSR count). The van der Waals surface area contributed by atoms with Gasteiger partial charge in [-0.25, -0.2) is 0 Å². The number of carbonyl (C=O) groups excluding carboxylic acids is 1. The van der Waals surface area contributed by atoms with Crippen LogP contribution in [0, 0.1) is 0 Å². The third-order valence-corrected chi connectivity index (χ3v) is 3.74.